The number of likely N-dealkylation sites (tertiary alicyclic amines) is 1. The Labute approximate surface area is 120 Å². The van der Waals surface area contributed by atoms with Crippen LogP contribution in [0.4, 0.5) is 13.2 Å². The van der Waals surface area contributed by atoms with E-state index in [0.29, 0.717) is 11.3 Å². The lowest BCUT2D eigenvalue weighted by Gasteiger charge is -2.29. The van der Waals surface area contributed by atoms with E-state index in [2.05, 4.69) is 0 Å². The molecule has 4 nitrogen and oxygen atoms in total. The van der Waals surface area contributed by atoms with Gasteiger partial charge in [-0.1, -0.05) is 12.1 Å². The van der Waals surface area contributed by atoms with Gasteiger partial charge < -0.3 is 9.84 Å². The van der Waals surface area contributed by atoms with Gasteiger partial charge in [-0.15, -0.1) is 0 Å². The summed E-state index contributed by atoms with van der Waals surface area (Å²) < 4.78 is 44.1. The molecule has 1 aliphatic rings. The number of carboxylic acid groups (broad SMARTS) is 1. The lowest BCUT2D eigenvalue weighted by molar-refractivity contribution is -0.183. The van der Waals surface area contributed by atoms with E-state index in [4.69, 9.17) is 9.84 Å². The third-order valence-corrected chi connectivity index (χ3v) is 3.68. The van der Waals surface area contributed by atoms with Crippen LogP contribution in [0.3, 0.4) is 0 Å². The average molecular weight is 303 g/mol. The first-order valence-corrected chi connectivity index (χ1v) is 6.51. The number of carboxylic acids is 1. The van der Waals surface area contributed by atoms with Gasteiger partial charge in [-0.3, -0.25) is 9.69 Å². The minimum absolute atomic E-state index is 0.00345. The van der Waals surface area contributed by atoms with E-state index in [9.17, 15) is 18.0 Å². The monoisotopic (exact) mass is 303 g/mol. The van der Waals surface area contributed by atoms with Crippen molar-refractivity contribution in [2.45, 2.75) is 37.6 Å². The van der Waals surface area contributed by atoms with Crippen LogP contribution in [0.5, 0.6) is 5.75 Å². The zero-order valence-electron chi connectivity index (χ0n) is 11.4. The largest absolute Gasteiger partial charge is 0.497 e. The highest BCUT2D eigenvalue weighted by Gasteiger charge is 2.51. The summed E-state index contributed by atoms with van der Waals surface area (Å²) in [5.41, 5.74) is 0.594. The van der Waals surface area contributed by atoms with Crippen LogP contribution in [0.2, 0.25) is 0 Å². The summed E-state index contributed by atoms with van der Waals surface area (Å²) in [5.74, 6) is -0.688. The van der Waals surface area contributed by atoms with Crippen LogP contribution >= 0.6 is 0 Å². The molecule has 0 amide bonds. The number of alkyl halides is 3. The van der Waals surface area contributed by atoms with E-state index < -0.39 is 24.2 Å². The topological polar surface area (TPSA) is 49.8 Å². The maximum atomic E-state index is 13.0. The summed E-state index contributed by atoms with van der Waals surface area (Å²) >= 11 is 0. The van der Waals surface area contributed by atoms with Crippen LogP contribution in [-0.2, 0) is 11.3 Å². The summed E-state index contributed by atoms with van der Waals surface area (Å²) in [4.78, 5) is 12.2. The van der Waals surface area contributed by atoms with Crippen molar-refractivity contribution in [3.8, 4) is 5.75 Å². The van der Waals surface area contributed by atoms with Crippen LogP contribution in [0.15, 0.2) is 24.3 Å². The van der Waals surface area contributed by atoms with Crippen LogP contribution < -0.4 is 4.74 Å². The number of rotatable bonds is 4. The van der Waals surface area contributed by atoms with Gasteiger partial charge in [-0.25, -0.2) is 0 Å². The fourth-order valence-electron chi connectivity index (χ4n) is 2.68. The quantitative estimate of drug-likeness (QED) is 0.929. The first-order valence-electron chi connectivity index (χ1n) is 6.51. The highest BCUT2D eigenvalue weighted by atomic mass is 19.4. The predicted molar refractivity (Wildman–Crippen MR) is 69.0 cm³/mol. The molecule has 0 spiro atoms. The van der Waals surface area contributed by atoms with Crippen LogP contribution in [-0.4, -0.2) is 41.3 Å². The van der Waals surface area contributed by atoms with Gasteiger partial charge in [0.25, 0.3) is 0 Å². The standard InChI is InChI=1S/C14H16F3NO3/c1-21-10-4-2-3-9(7-10)8-18-11(13(19)20)5-6-12(18)14(15,16)17/h2-4,7,11-12H,5-6,8H2,1H3,(H,19,20). The summed E-state index contributed by atoms with van der Waals surface area (Å²) in [6, 6.07) is 3.80. The van der Waals surface area contributed by atoms with Crippen molar-refractivity contribution < 1.29 is 27.8 Å². The van der Waals surface area contributed by atoms with Crippen molar-refractivity contribution in [1.29, 1.82) is 0 Å². The second kappa shape index (κ2) is 5.93. The number of benzene rings is 1. The Balaban J connectivity index is 2.24. The molecule has 0 bridgehead atoms. The molecule has 2 atom stereocenters. The SMILES string of the molecule is COc1cccc(CN2C(C(=O)O)CCC2C(F)(F)F)c1. The molecule has 0 aliphatic carbocycles. The van der Waals surface area contributed by atoms with Crippen LogP contribution in [0.1, 0.15) is 18.4 Å². The zero-order chi connectivity index (χ0) is 15.6. The maximum absolute atomic E-state index is 13.0. The Morgan fingerprint density at radius 1 is 1.43 bits per heavy atom. The van der Waals surface area contributed by atoms with Gasteiger partial charge in [0.05, 0.1) is 7.11 Å². The summed E-state index contributed by atoms with van der Waals surface area (Å²) in [7, 11) is 1.47. The molecule has 0 radical (unpaired) electrons. The number of methoxy groups -OCH3 is 1. The minimum atomic E-state index is -4.43. The summed E-state index contributed by atoms with van der Waals surface area (Å²) in [6.45, 7) is -0.0711. The molecule has 2 rings (SSSR count). The molecule has 116 valence electrons. The van der Waals surface area contributed by atoms with Crippen molar-refractivity contribution in [1.82, 2.24) is 4.90 Å². The molecule has 1 aromatic rings. The maximum Gasteiger partial charge on any atom is 0.404 e. The highest BCUT2D eigenvalue weighted by molar-refractivity contribution is 5.74. The van der Waals surface area contributed by atoms with Gasteiger partial charge in [0.2, 0.25) is 0 Å². The number of hydrogen-bond donors (Lipinski definition) is 1. The van der Waals surface area contributed by atoms with Gasteiger partial charge in [-0.05, 0) is 30.5 Å². The normalized spacial score (nSPS) is 23.2. The fraction of sp³-hybridized carbons (Fsp3) is 0.500. The Morgan fingerprint density at radius 2 is 2.14 bits per heavy atom. The van der Waals surface area contributed by atoms with Gasteiger partial charge in [0.15, 0.2) is 0 Å². The molecule has 21 heavy (non-hydrogen) atoms. The van der Waals surface area contributed by atoms with E-state index in [1.807, 2.05) is 0 Å². The summed E-state index contributed by atoms with van der Waals surface area (Å²) in [6.07, 6.45) is -4.61. The van der Waals surface area contributed by atoms with Crippen molar-refractivity contribution in [3.05, 3.63) is 29.8 Å². The van der Waals surface area contributed by atoms with Crippen LogP contribution in [0, 0.1) is 0 Å². The molecule has 1 fully saturated rings. The van der Waals surface area contributed by atoms with Crippen LogP contribution in [0.25, 0.3) is 0 Å². The number of halogens is 3. The van der Waals surface area contributed by atoms with E-state index in [1.54, 1.807) is 24.3 Å². The number of aliphatic carboxylic acids is 1. The molecular formula is C14H16F3NO3. The Morgan fingerprint density at radius 3 is 2.71 bits per heavy atom. The third kappa shape index (κ3) is 3.47. The Hall–Kier alpha value is -1.76. The molecular weight excluding hydrogens is 287 g/mol. The lowest BCUT2D eigenvalue weighted by Crippen LogP contribution is -2.46. The second-order valence-corrected chi connectivity index (χ2v) is 5.01. The molecule has 0 aromatic heterocycles. The average Bonchev–Trinajstić information content (AvgIpc) is 2.82. The summed E-state index contributed by atoms with van der Waals surface area (Å²) in [5, 5.41) is 9.11. The Kier molecular flexibility index (Phi) is 4.41. The number of nitrogens with zero attached hydrogens (tertiary/aromatic N) is 1. The molecule has 7 heteroatoms. The van der Waals surface area contributed by atoms with Gasteiger partial charge >= 0.3 is 12.1 Å². The first-order chi connectivity index (χ1) is 9.82. The fourth-order valence-corrected chi connectivity index (χ4v) is 2.68. The van der Waals surface area contributed by atoms with E-state index in [0.717, 1.165) is 4.90 Å². The molecule has 1 N–H and O–H groups in total. The van der Waals surface area contributed by atoms with Crippen molar-refractivity contribution in [2.75, 3.05) is 7.11 Å². The minimum Gasteiger partial charge on any atom is -0.497 e. The van der Waals surface area contributed by atoms with E-state index in [-0.39, 0.29) is 19.4 Å². The first kappa shape index (κ1) is 15.6. The number of carbonyl (C=O) groups is 1. The van der Waals surface area contributed by atoms with Gasteiger partial charge in [0.1, 0.15) is 17.8 Å². The van der Waals surface area contributed by atoms with E-state index >= 15 is 0 Å². The number of hydrogen-bond acceptors (Lipinski definition) is 3. The molecule has 0 saturated carbocycles. The van der Waals surface area contributed by atoms with E-state index in [1.165, 1.54) is 7.11 Å². The second-order valence-electron chi connectivity index (χ2n) is 5.01. The molecule has 2 unspecified atom stereocenters. The Bertz CT molecular complexity index is 518. The molecule has 1 saturated heterocycles. The third-order valence-electron chi connectivity index (χ3n) is 3.68. The van der Waals surface area contributed by atoms with Gasteiger partial charge in [-0.2, -0.15) is 13.2 Å². The molecule has 1 aromatic carbocycles. The highest BCUT2D eigenvalue weighted by Crippen LogP contribution is 2.37. The van der Waals surface area contributed by atoms with Crippen molar-refractivity contribution in [3.63, 3.8) is 0 Å². The predicted octanol–water partition coefficient (Wildman–Crippen LogP) is 2.68. The van der Waals surface area contributed by atoms with Gasteiger partial charge in [0, 0.05) is 6.54 Å². The zero-order valence-corrected chi connectivity index (χ0v) is 11.4. The number of ether oxygens (including phenoxy) is 1. The molecule has 1 heterocycles. The van der Waals surface area contributed by atoms with Crippen molar-refractivity contribution >= 4 is 5.97 Å². The molecule has 1 aliphatic heterocycles. The smallest absolute Gasteiger partial charge is 0.404 e. The van der Waals surface area contributed by atoms with Crippen molar-refractivity contribution in [2.24, 2.45) is 0 Å². The lowest BCUT2D eigenvalue weighted by atomic mass is 10.1.